The molecule has 1 aliphatic heterocycles. The maximum Gasteiger partial charge on any atom is 0.317 e. The fourth-order valence-corrected chi connectivity index (χ4v) is 2.24. The van der Waals surface area contributed by atoms with Crippen molar-refractivity contribution in [2.45, 2.75) is 20.3 Å². The summed E-state index contributed by atoms with van der Waals surface area (Å²) >= 11 is 0. The van der Waals surface area contributed by atoms with Gasteiger partial charge in [0.05, 0.1) is 13.2 Å². The van der Waals surface area contributed by atoms with Crippen molar-refractivity contribution in [2.75, 3.05) is 44.2 Å². The van der Waals surface area contributed by atoms with Crippen molar-refractivity contribution in [1.29, 1.82) is 0 Å². The number of hydrogen-bond donors (Lipinski definition) is 1. The van der Waals surface area contributed by atoms with Crippen LogP contribution in [0.1, 0.15) is 19.0 Å². The van der Waals surface area contributed by atoms with Gasteiger partial charge in [-0.2, -0.15) is 4.98 Å². The van der Waals surface area contributed by atoms with Crippen LogP contribution < -0.4 is 9.64 Å². The van der Waals surface area contributed by atoms with E-state index < -0.39 is 5.97 Å². The standard InChI is InChI=1S/C14H22N4O3/c1-3-8-21-12-9-11(2)15-14(16-12)18-6-4-17(5-7-18)10-13(19)20/h9H,3-8,10H2,1-2H3,(H,19,20). The van der Waals surface area contributed by atoms with Crippen LogP contribution in [0.3, 0.4) is 0 Å². The Hall–Kier alpha value is -1.89. The summed E-state index contributed by atoms with van der Waals surface area (Å²) in [6, 6.07) is 1.83. The highest BCUT2D eigenvalue weighted by atomic mass is 16.5. The third-order valence-electron chi connectivity index (χ3n) is 3.29. The second kappa shape index (κ2) is 7.21. The Bertz CT molecular complexity index is 487. The molecule has 0 spiro atoms. The molecule has 0 atom stereocenters. The molecule has 1 fully saturated rings. The third-order valence-corrected chi connectivity index (χ3v) is 3.29. The van der Waals surface area contributed by atoms with Crippen molar-refractivity contribution < 1.29 is 14.6 Å². The number of anilines is 1. The van der Waals surface area contributed by atoms with Gasteiger partial charge in [-0.25, -0.2) is 4.98 Å². The van der Waals surface area contributed by atoms with Gasteiger partial charge in [0.15, 0.2) is 0 Å². The molecule has 1 saturated heterocycles. The van der Waals surface area contributed by atoms with Crippen LogP contribution in [0.2, 0.25) is 0 Å². The van der Waals surface area contributed by atoms with Crippen LogP contribution in [0.15, 0.2) is 6.07 Å². The fourth-order valence-electron chi connectivity index (χ4n) is 2.24. The molecule has 7 nitrogen and oxygen atoms in total. The Morgan fingerprint density at radius 1 is 1.33 bits per heavy atom. The first-order valence-corrected chi connectivity index (χ1v) is 7.26. The molecule has 7 heteroatoms. The van der Waals surface area contributed by atoms with E-state index in [0.29, 0.717) is 31.5 Å². The summed E-state index contributed by atoms with van der Waals surface area (Å²) in [5.41, 5.74) is 0.874. The SMILES string of the molecule is CCCOc1cc(C)nc(N2CCN(CC(=O)O)CC2)n1. The van der Waals surface area contributed by atoms with Crippen LogP contribution in [0.4, 0.5) is 5.95 Å². The van der Waals surface area contributed by atoms with Gasteiger partial charge < -0.3 is 14.7 Å². The first-order valence-electron chi connectivity index (χ1n) is 7.26. The van der Waals surface area contributed by atoms with Gasteiger partial charge in [-0.3, -0.25) is 9.69 Å². The van der Waals surface area contributed by atoms with Gasteiger partial charge in [0, 0.05) is 37.9 Å². The molecule has 0 unspecified atom stereocenters. The topological polar surface area (TPSA) is 78.8 Å². The third kappa shape index (κ3) is 4.56. The predicted molar refractivity (Wildman–Crippen MR) is 78.8 cm³/mol. The quantitative estimate of drug-likeness (QED) is 0.830. The number of ether oxygens (including phenoxy) is 1. The first-order chi connectivity index (χ1) is 10.1. The minimum atomic E-state index is -0.787. The predicted octanol–water partition coefficient (Wildman–Crippen LogP) is 0.780. The lowest BCUT2D eigenvalue weighted by Crippen LogP contribution is -2.48. The summed E-state index contributed by atoms with van der Waals surface area (Å²) in [6.45, 7) is 7.56. The minimum Gasteiger partial charge on any atom is -0.480 e. The Balaban J connectivity index is 1.99. The number of carbonyl (C=O) groups is 1. The number of nitrogens with zero attached hydrogens (tertiary/aromatic N) is 4. The largest absolute Gasteiger partial charge is 0.480 e. The van der Waals surface area contributed by atoms with Crippen LogP contribution in [-0.2, 0) is 4.79 Å². The van der Waals surface area contributed by atoms with Gasteiger partial charge in [-0.1, -0.05) is 6.92 Å². The highest BCUT2D eigenvalue weighted by molar-refractivity contribution is 5.69. The smallest absolute Gasteiger partial charge is 0.317 e. The molecule has 1 aliphatic rings. The van der Waals surface area contributed by atoms with E-state index in [4.69, 9.17) is 9.84 Å². The number of carboxylic acid groups (broad SMARTS) is 1. The van der Waals surface area contributed by atoms with E-state index in [1.54, 1.807) is 0 Å². The van der Waals surface area contributed by atoms with Crippen LogP contribution in [-0.4, -0.2) is 65.3 Å². The number of aryl methyl sites for hydroxylation is 1. The van der Waals surface area contributed by atoms with E-state index in [1.165, 1.54) is 0 Å². The second-order valence-corrected chi connectivity index (χ2v) is 5.15. The molecule has 0 amide bonds. The molecule has 1 N–H and O–H groups in total. The molecular weight excluding hydrogens is 272 g/mol. The first kappa shape index (κ1) is 15.5. The van der Waals surface area contributed by atoms with E-state index in [0.717, 1.165) is 25.2 Å². The van der Waals surface area contributed by atoms with Crippen molar-refractivity contribution in [1.82, 2.24) is 14.9 Å². The van der Waals surface area contributed by atoms with Crippen molar-refractivity contribution in [2.24, 2.45) is 0 Å². The van der Waals surface area contributed by atoms with Crippen molar-refractivity contribution >= 4 is 11.9 Å². The summed E-state index contributed by atoms with van der Waals surface area (Å²) in [4.78, 5) is 23.6. The number of rotatable bonds is 6. The van der Waals surface area contributed by atoms with Crippen LogP contribution >= 0.6 is 0 Å². The number of aliphatic carboxylic acids is 1. The van der Waals surface area contributed by atoms with E-state index in [2.05, 4.69) is 21.8 Å². The second-order valence-electron chi connectivity index (χ2n) is 5.15. The van der Waals surface area contributed by atoms with E-state index in [-0.39, 0.29) is 6.54 Å². The lowest BCUT2D eigenvalue weighted by Gasteiger charge is -2.33. The zero-order chi connectivity index (χ0) is 15.2. The summed E-state index contributed by atoms with van der Waals surface area (Å²) in [6.07, 6.45) is 0.937. The van der Waals surface area contributed by atoms with E-state index >= 15 is 0 Å². The molecule has 2 rings (SSSR count). The average molecular weight is 294 g/mol. The van der Waals surface area contributed by atoms with Gasteiger partial charge >= 0.3 is 5.97 Å². The van der Waals surface area contributed by atoms with Crippen molar-refractivity contribution in [3.05, 3.63) is 11.8 Å². The molecule has 2 heterocycles. The number of carboxylic acids is 1. The molecule has 1 aromatic heterocycles. The molecule has 1 aromatic rings. The molecule has 0 saturated carbocycles. The molecule has 116 valence electrons. The van der Waals surface area contributed by atoms with Crippen LogP contribution in [0.25, 0.3) is 0 Å². The summed E-state index contributed by atoms with van der Waals surface area (Å²) in [5, 5.41) is 8.81. The van der Waals surface area contributed by atoms with E-state index in [9.17, 15) is 4.79 Å². The Labute approximate surface area is 124 Å². The van der Waals surface area contributed by atoms with Gasteiger partial charge in [0.2, 0.25) is 11.8 Å². The van der Waals surface area contributed by atoms with Crippen molar-refractivity contribution in [3.8, 4) is 5.88 Å². The minimum absolute atomic E-state index is 0.0907. The maximum atomic E-state index is 10.7. The Morgan fingerprint density at radius 3 is 2.67 bits per heavy atom. The molecule has 0 aromatic carbocycles. The maximum absolute atomic E-state index is 10.7. The molecule has 0 aliphatic carbocycles. The molecule has 0 bridgehead atoms. The fraction of sp³-hybridized carbons (Fsp3) is 0.643. The average Bonchev–Trinajstić information content (AvgIpc) is 2.44. The highest BCUT2D eigenvalue weighted by Gasteiger charge is 2.21. The van der Waals surface area contributed by atoms with Gasteiger partial charge in [0.25, 0.3) is 0 Å². The Kier molecular flexibility index (Phi) is 5.32. The molecular formula is C14H22N4O3. The van der Waals surface area contributed by atoms with Crippen molar-refractivity contribution in [3.63, 3.8) is 0 Å². The molecule has 21 heavy (non-hydrogen) atoms. The number of aromatic nitrogens is 2. The zero-order valence-corrected chi connectivity index (χ0v) is 12.6. The summed E-state index contributed by atoms with van der Waals surface area (Å²) < 4.78 is 5.58. The normalized spacial score (nSPS) is 16.0. The van der Waals surface area contributed by atoms with Gasteiger partial charge in [0.1, 0.15) is 0 Å². The summed E-state index contributed by atoms with van der Waals surface area (Å²) in [5.74, 6) is 0.480. The Morgan fingerprint density at radius 2 is 2.05 bits per heavy atom. The lowest BCUT2D eigenvalue weighted by atomic mass is 10.3. The molecule has 0 radical (unpaired) electrons. The van der Waals surface area contributed by atoms with Gasteiger partial charge in [-0.05, 0) is 13.3 Å². The van der Waals surface area contributed by atoms with Crippen LogP contribution in [0, 0.1) is 6.92 Å². The van der Waals surface area contributed by atoms with Gasteiger partial charge in [-0.15, -0.1) is 0 Å². The highest BCUT2D eigenvalue weighted by Crippen LogP contribution is 2.17. The summed E-state index contributed by atoms with van der Waals surface area (Å²) in [7, 11) is 0. The number of piperazine rings is 1. The number of hydrogen-bond acceptors (Lipinski definition) is 6. The monoisotopic (exact) mass is 294 g/mol. The van der Waals surface area contributed by atoms with Crippen LogP contribution in [0.5, 0.6) is 5.88 Å². The lowest BCUT2D eigenvalue weighted by molar-refractivity contribution is -0.138. The van der Waals surface area contributed by atoms with E-state index in [1.807, 2.05) is 17.9 Å². The zero-order valence-electron chi connectivity index (χ0n) is 12.6.